The molecule has 1 heterocycles. The summed E-state index contributed by atoms with van der Waals surface area (Å²) in [7, 11) is 1.73. The van der Waals surface area contributed by atoms with Crippen molar-refractivity contribution in [2.24, 2.45) is 0 Å². The smallest absolute Gasteiger partial charge is 0.109 e. The van der Waals surface area contributed by atoms with Gasteiger partial charge in [-0.3, -0.25) is 0 Å². The summed E-state index contributed by atoms with van der Waals surface area (Å²) in [6, 6.07) is 0. The van der Waals surface area contributed by atoms with Crippen LogP contribution in [0.5, 0.6) is 0 Å². The highest BCUT2D eigenvalue weighted by atomic mass is 127. The molecule has 82 valence electrons. The second-order valence-electron chi connectivity index (χ2n) is 3.18. The molecule has 0 aliphatic carbocycles. The normalized spacial score (nSPS) is 16.4. The van der Waals surface area contributed by atoms with Crippen molar-refractivity contribution in [2.45, 2.75) is 0 Å². The lowest BCUT2D eigenvalue weighted by atomic mass is 10.4. The number of halogens is 1. The quantitative estimate of drug-likeness (QED) is 0.686. The first-order valence-electron chi connectivity index (χ1n) is 4.75. The van der Waals surface area contributed by atoms with Crippen LogP contribution in [0.15, 0.2) is 12.4 Å². The Morgan fingerprint density at radius 1 is 1.14 bits per heavy atom. The lowest BCUT2D eigenvalue weighted by molar-refractivity contribution is 0.156. The minimum Gasteiger partial charge on any atom is -0.383 e. The van der Waals surface area contributed by atoms with E-state index in [9.17, 15) is 0 Å². The molecule has 1 aliphatic rings. The van der Waals surface area contributed by atoms with E-state index in [1.807, 2.05) is 23.0 Å². The van der Waals surface area contributed by atoms with E-state index in [0.29, 0.717) is 0 Å². The molecule has 4 nitrogen and oxygen atoms in total. The molecule has 1 rings (SSSR count). The minimum atomic E-state index is 0.781. The van der Waals surface area contributed by atoms with Gasteiger partial charge in [0.15, 0.2) is 0 Å². The van der Waals surface area contributed by atoms with Crippen LogP contribution in [0, 0.1) is 0 Å². The second-order valence-corrected chi connectivity index (χ2v) is 3.80. The van der Waals surface area contributed by atoms with Gasteiger partial charge in [0.25, 0.3) is 0 Å². The molecule has 0 fully saturated rings. The maximum absolute atomic E-state index is 5.03. The number of rotatable bonds is 6. The first-order chi connectivity index (χ1) is 6.86. The van der Waals surface area contributed by atoms with Crippen LogP contribution < -0.4 is 0 Å². The fraction of sp³-hybridized carbons (Fsp3) is 0.778. The Bertz CT molecular complexity index is 160. The molecule has 0 bridgehead atoms. The molecule has 0 aromatic rings. The summed E-state index contributed by atoms with van der Waals surface area (Å²) in [5, 5.41) is 0. The molecule has 0 N–H and O–H groups in total. The molecule has 0 aromatic carbocycles. The van der Waals surface area contributed by atoms with Crippen molar-refractivity contribution in [2.75, 3.05) is 46.5 Å². The van der Waals surface area contributed by atoms with Crippen molar-refractivity contribution in [3.05, 3.63) is 12.4 Å². The lowest BCUT2D eigenvalue weighted by Crippen LogP contribution is -2.37. The van der Waals surface area contributed by atoms with E-state index < -0.39 is 0 Å². The minimum absolute atomic E-state index is 0.781. The summed E-state index contributed by atoms with van der Waals surface area (Å²) in [6.45, 7) is 5.66. The van der Waals surface area contributed by atoms with Gasteiger partial charge in [0.2, 0.25) is 0 Å². The molecule has 0 aromatic heterocycles. The number of hydrogen-bond donors (Lipinski definition) is 0. The Hall–Kier alpha value is -0.0100. The zero-order chi connectivity index (χ0) is 10.2. The van der Waals surface area contributed by atoms with E-state index in [1.165, 1.54) is 0 Å². The molecular weight excluding hydrogens is 295 g/mol. The van der Waals surface area contributed by atoms with Crippen molar-refractivity contribution in [3.8, 4) is 0 Å². The summed E-state index contributed by atoms with van der Waals surface area (Å²) in [5.41, 5.74) is 0. The Kier molecular flexibility index (Phi) is 6.29. The average molecular weight is 312 g/mol. The number of hydrogen-bond acceptors (Lipinski definition) is 4. The van der Waals surface area contributed by atoms with Crippen LogP contribution >= 0.6 is 23.0 Å². The SMILES string of the molecule is COCCN1C=CN(CCOI)CC1. The zero-order valence-corrected chi connectivity index (χ0v) is 10.6. The van der Waals surface area contributed by atoms with Crippen molar-refractivity contribution in [3.63, 3.8) is 0 Å². The molecule has 0 atom stereocenters. The van der Waals surface area contributed by atoms with Crippen molar-refractivity contribution < 1.29 is 7.80 Å². The lowest BCUT2D eigenvalue weighted by Gasteiger charge is -2.30. The number of nitrogens with zero attached hydrogens (tertiary/aromatic N) is 2. The summed E-state index contributed by atoms with van der Waals surface area (Å²) in [5.74, 6) is 0. The number of methoxy groups -OCH3 is 1. The van der Waals surface area contributed by atoms with Gasteiger partial charge in [-0.05, 0) is 0 Å². The van der Waals surface area contributed by atoms with Crippen LogP contribution in [0.3, 0.4) is 0 Å². The maximum Gasteiger partial charge on any atom is 0.109 e. The van der Waals surface area contributed by atoms with E-state index in [0.717, 1.165) is 39.4 Å². The Labute approximate surface area is 99.5 Å². The monoisotopic (exact) mass is 312 g/mol. The average Bonchev–Trinajstić information content (AvgIpc) is 2.25. The third-order valence-electron chi connectivity index (χ3n) is 2.20. The Morgan fingerprint density at radius 3 is 2.14 bits per heavy atom. The molecule has 0 radical (unpaired) electrons. The predicted octanol–water partition coefficient (Wildman–Crippen LogP) is 1.09. The van der Waals surface area contributed by atoms with E-state index >= 15 is 0 Å². The Balaban J connectivity index is 2.18. The van der Waals surface area contributed by atoms with Gasteiger partial charge in [0, 0.05) is 45.7 Å². The fourth-order valence-corrected chi connectivity index (χ4v) is 1.52. The third kappa shape index (κ3) is 4.47. The standard InChI is InChI=1S/C9H17IN2O2/c1-13-8-6-11-2-4-12(5-3-11)7-9-14-10/h2,4H,3,5-9H2,1H3. The molecule has 1 aliphatic heterocycles. The van der Waals surface area contributed by atoms with Gasteiger partial charge >= 0.3 is 0 Å². The van der Waals surface area contributed by atoms with Gasteiger partial charge in [-0.25, -0.2) is 0 Å². The Morgan fingerprint density at radius 2 is 1.71 bits per heavy atom. The van der Waals surface area contributed by atoms with Crippen LogP contribution in [0.4, 0.5) is 0 Å². The van der Waals surface area contributed by atoms with Crippen LogP contribution in [-0.2, 0) is 7.80 Å². The third-order valence-corrected chi connectivity index (χ3v) is 2.64. The fourth-order valence-electron chi connectivity index (χ4n) is 1.33. The molecular formula is C9H17IN2O2. The highest BCUT2D eigenvalue weighted by Crippen LogP contribution is 2.02. The zero-order valence-electron chi connectivity index (χ0n) is 8.49. The van der Waals surface area contributed by atoms with Gasteiger partial charge in [-0.15, -0.1) is 0 Å². The van der Waals surface area contributed by atoms with Crippen molar-refractivity contribution in [1.82, 2.24) is 9.80 Å². The highest BCUT2D eigenvalue weighted by molar-refractivity contribution is 14.1. The second kappa shape index (κ2) is 7.30. The molecule has 5 heteroatoms. The predicted molar refractivity (Wildman–Crippen MR) is 64.1 cm³/mol. The van der Waals surface area contributed by atoms with Gasteiger partial charge in [-0.2, -0.15) is 0 Å². The van der Waals surface area contributed by atoms with Gasteiger partial charge < -0.3 is 17.6 Å². The van der Waals surface area contributed by atoms with E-state index in [2.05, 4.69) is 22.2 Å². The molecule has 0 unspecified atom stereocenters. The van der Waals surface area contributed by atoms with Crippen LogP contribution in [-0.4, -0.2) is 56.3 Å². The maximum atomic E-state index is 5.03. The van der Waals surface area contributed by atoms with E-state index in [-0.39, 0.29) is 0 Å². The van der Waals surface area contributed by atoms with Crippen molar-refractivity contribution in [1.29, 1.82) is 0 Å². The van der Waals surface area contributed by atoms with Gasteiger partial charge in [0.1, 0.15) is 23.0 Å². The van der Waals surface area contributed by atoms with Gasteiger partial charge in [-0.1, -0.05) is 0 Å². The van der Waals surface area contributed by atoms with E-state index in [1.54, 1.807) is 7.11 Å². The summed E-state index contributed by atoms with van der Waals surface area (Å²) >= 11 is 1.93. The van der Waals surface area contributed by atoms with Crippen LogP contribution in [0.2, 0.25) is 0 Å². The largest absolute Gasteiger partial charge is 0.383 e. The van der Waals surface area contributed by atoms with Crippen LogP contribution in [0.25, 0.3) is 0 Å². The molecule has 0 saturated carbocycles. The first kappa shape index (κ1) is 12.1. The first-order valence-corrected chi connectivity index (χ1v) is 5.64. The van der Waals surface area contributed by atoms with Crippen LogP contribution in [0.1, 0.15) is 0 Å². The summed E-state index contributed by atoms with van der Waals surface area (Å²) in [4.78, 5) is 4.53. The van der Waals surface area contributed by atoms with Gasteiger partial charge in [0.05, 0.1) is 13.2 Å². The molecule has 14 heavy (non-hydrogen) atoms. The molecule has 0 saturated heterocycles. The molecule has 0 spiro atoms. The summed E-state index contributed by atoms with van der Waals surface area (Å²) in [6.07, 6.45) is 4.24. The van der Waals surface area contributed by atoms with E-state index in [4.69, 9.17) is 7.80 Å². The van der Waals surface area contributed by atoms with Crippen molar-refractivity contribution >= 4 is 23.0 Å². The summed E-state index contributed by atoms with van der Waals surface area (Å²) < 4.78 is 10.0. The topological polar surface area (TPSA) is 24.9 Å². The number of ether oxygens (including phenoxy) is 1. The molecule has 0 amide bonds. The highest BCUT2D eigenvalue weighted by Gasteiger charge is 2.08.